The number of ether oxygens (including phenoxy) is 2. The van der Waals surface area contributed by atoms with Gasteiger partial charge >= 0.3 is 0 Å². The highest BCUT2D eigenvalue weighted by molar-refractivity contribution is 5.37. The summed E-state index contributed by atoms with van der Waals surface area (Å²) in [6.07, 6.45) is 2.11. The van der Waals surface area contributed by atoms with Gasteiger partial charge in [0.25, 0.3) is 0 Å². The standard InChI is InChI=1S/C15H22FNO2/c1-17-7-5-12(6-8-17)14-11-13(16)3-4-15(14)19-10-9-18-2/h3-4,11-12H,5-10H2,1-2H3. The first-order chi connectivity index (χ1) is 9.20. The van der Waals surface area contributed by atoms with Gasteiger partial charge < -0.3 is 14.4 Å². The van der Waals surface area contributed by atoms with E-state index >= 15 is 0 Å². The van der Waals surface area contributed by atoms with Crippen LogP contribution in [0.1, 0.15) is 24.3 Å². The molecule has 1 aromatic rings. The molecule has 0 unspecified atom stereocenters. The number of nitrogens with zero attached hydrogens (tertiary/aromatic N) is 1. The summed E-state index contributed by atoms with van der Waals surface area (Å²) in [5.74, 6) is 1.01. The molecule has 0 atom stereocenters. The Morgan fingerprint density at radius 1 is 1.26 bits per heavy atom. The van der Waals surface area contributed by atoms with Gasteiger partial charge in [-0.05, 0) is 57.1 Å². The van der Waals surface area contributed by atoms with Crippen LogP contribution in [0.25, 0.3) is 0 Å². The molecule has 1 heterocycles. The van der Waals surface area contributed by atoms with Crippen molar-refractivity contribution in [2.45, 2.75) is 18.8 Å². The van der Waals surface area contributed by atoms with Crippen molar-refractivity contribution in [3.8, 4) is 5.75 Å². The molecule has 0 aliphatic carbocycles. The first kappa shape index (κ1) is 14.3. The molecule has 1 saturated heterocycles. The lowest BCUT2D eigenvalue weighted by molar-refractivity contribution is 0.145. The fraction of sp³-hybridized carbons (Fsp3) is 0.600. The predicted octanol–water partition coefficient (Wildman–Crippen LogP) is 2.66. The average Bonchev–Trinajstić information content (AvgIpc) is 2.41. The van der Waals surface area contributed by atoms with E-state index in [-0.39, 0.29) is 5.82 Å². The number of hydrogen-bond donors (Lipinski definition) is 0. The van der Waals surface area contributed by atoms with E-state index in [9.17, 15) is 4.39 Å². The number of halogens is 1. The van der Waals surface area contributed by atoms with E-state index in [2.05, 4.69) is 11.9 Å². The summed E-state index contributed by atoms with van der Waals surface area (Å²) in [4.78, 5) is 2.31. The number of rotatable bonds is 5. The fourth-order valence-corrected chi connectivity index (χ4v) is 2.52. The SMILES string of the molecule is COCCOc1ccc(F)cc1C1CCN(C)CC1. The van der Waals surface area contributed by atoms with Crippen LogP contribution in [0, 0.1) is 5.82 Å². The van der Waals surface area contributed by atoms with Crippen LogP contribution in [0.2, 0.25) is 0 Å². The summed E-state index contributed by atoms with van der Waals surface area (Å²) in [7, 11) is 3.77. The minimum atomic E-state index is -0.187. The van der Waals surface area contributed by atoms with Gasteiger partial charge in [0.15, 0.2) is 0 Å². The third kappa shape index (κ3) is 3.91. The maximum absolute atomic E-state index is 13.5. The van der Waals surface area contributed by atoms with Gasteiger partial charge in [-0.2, -0.15) is 0 Å². The van der Waals surface area contributed by atoms with E-state index in [0.717, 1.165) is 37.2 Å². The zero-order valence-corrected chi connectivity index (χ0v) is 11.7. The first-order valence-electron chi connectivity index (χ1n) is 6.80. The van der Waals surface area contributed by atoms with Crippen LogP contribution in [0.4, 0.5) is 4.39 Å². The van der Waals surface area contributed by atoms with Gasteiger partial charge in [-0.15, -0.1) is 0 Å². The number of hydrogen-bond acceptors (Lipinski definition) is 3. The van der Waals surface area contributed by atoms with Crippen LogP contribution >= 0.6 is 0 Å². The summed E-state index contributed by atoms with van der Waals surface area (Å²) in [5.41, 5.74) is 1.00. The topological polar surface area (TPSA) is 21.7 Å². The molecule has 1 aliphatic heterocycles. The van der Waals surface area contributed by atoms with Gasteiger partial charge in [0.1, 0.15) is 18.2 Å². The average molecular weight is 267 g/mol. The summed E-state index contributed by atoms with van der Waals surface area (Å²) in [6, 6.07) is 4.82. The van der Waals surface area contributed by atoms with Gasteiger partial charge in [-0.1, -0.05) is 0 Å². The van der Waals surface area contributed by atoms with E-state index in [1.165, 1.54) is 6.07 Å². The number of methoxy groups -OCH3 is 1. The van der Waals surface area contributed by atoms with Crippen molar-refractivity contribution in [1.82, 2.24) is 4.90 Å². The van der Waals surface area contributed by atoms with E-state index in [1.807, 2.05) is 0 Å². The van der Waals surface area contributed by atoms with Gasteiger partial charge in [-0.3, -0.25) is 0 Å². The molecule has 1 aliphatic rings. The molecule has 0 radical (unpaired) electrons. The Morgan fingerprint density at radius 3 is 2.68 bits per heavy atom. The second-order valence-electron chi connectivity index (χ2n) is 5.10. The van der Waals surface area contributed by atoms with Gasteiger partial charge in [0.05, 0.1) is 6.61 Å². The highest BCUT2D eigenvalue weighted by Gasteiger charge is 2.22. The molecular weight excluding hydrogens is 245 g/mol. The number of piperidine rings is 1. The Hall–Kier alpha value is -1.13. The fourth-order valence-electron chi connectivity index (χ4n) is 2.52. The quantitative estimate of drug-likeness (QED) is 0.766. The molecule has 2 rings (SSSR count). The van der Waals surface area contributed by atoms with Gasteiger partial charge in [0.2, 0.25) is 0 Å². The molecule has 0 spiro atoms. The normalized spacial score (nSPS) is 17.6. The van der Waals surface area contributed by atoms with Crippen molar-refractivity contribution in [2.24, 2.45) is 0 Å². The van der Waals surface area contributed by atoms with Crippen molar-refractivity contribution in [3.05, 3.63) is 29.6 Å². The maximum Gasteiger partial charge on any atom is 0.123 e. The first-order valence-corrected chi connectivity index (χ1v) is 6.80. The van der Waals surface area contributed by atoms with Crippen LogP contribution < -0.4 is 4.74 Å². The second kappa shape index (κ2) is 6.87. The summed E-state index contributed by atoms with van der Waals surface area (Å²) < 4.78 is 24.2. The van der Waals surface area contributed by atoms with Crippen molar-refractivity contribution in [3.63, 3.8) is 0 Å². The lowest BCUT2D eigenvalue weighted by Gasteiger charge is -2.30. The lowest BCUT2D eigenvalue weighted by atomic mass is 9.89. The van der Waals surface area contributed by atoms with Gasteiger partial charge in [-0.25, -0.2) is 4.39 Å². The Morgan fingerprint density at radius 2 is 2.00 bits per heavy atom. The third-order valence-electron chi connectivity index (χ3n) is 3.68. The molecule has 0 saturated carbocycles. The summed E-state index contributed by atoms with van der Waals surface area (Å²) in [6.45, 7) is 3.16. The highest BCUT2D eigenvalue weighted by Crippen LogP contribution is 2.34. The van der Waals surface area contributed by atoms with E-state index < -0.39 is 0 Å². The molecule has 1 aromatic carbocycles. The minimum Gasteiger partial charge on any atom is -0.491 e. The Kier molecular flexibility index (Phi) is 5.16. The molecule has 1 fully saturated rings. The molecule has 106 valence electrons. The lowest BCUT2D eigenvalue weighted by Crippen LogP contribution is -2.29. The smallest absolute Gasteiger partial charge is 0.123 e. The van der Waals surface area contributed by atoms with Crippen LogP contribution in [-0.2, 0) is 4.74 Å². The Balaban J connectivity index is 2.10. The number of likely N-dealkylation sites (tertiary alicyclic amines) is 1. The predicted molar refractivity (Wildman–Crippen MR) is 73.2 cm³/mol. The van der Waals surface area contributed by atoms with Crippen LogP contribution in [0.15, 0.2) is 18.2 Å². The highest BCUT2D eigenvalue weighted by atomic mass is 19.1. The molecule has 0 bridgehead atoms. The summed E-state index contributed by atoms with van der Waals surface area (Å²) in [5, 5.41) is 0. The van der Waals surface area contributed by atoms with Gasteiger partial charge in [0, 0.05) is 12.7 Å². The second-order valence-corrected chi connectivity index (χ2v) is 5.10. The molecule has 3 nitrogen and oxygen atoms in total. The molecule has 4 heteroatoms. The monoisotopic (exact) mass is 267 g/mol. The molecule has 0 amide bonds. The van der Waals surface area contributed by atoms with E-state index in [4.69, 9.17) is 9.47 Å². The van der Waals surface area contributed by atoms with Crippen LogP contribution in [-0.4, -0.2) is 45.4 Å². The van der Waals surface area contributed by atoms with Crippen molar-refractivity contribution >= 4 is 0 Å². The number of benzene rings is 1. The Bertz CT molecular complexity index is 403. The molecule has 0 N–H and O–H groups in total. The van der Waals surface area contributed by atoms with Crippen molar-refractivity contribution in [2.75, 3.05) is 40.5 Å². The summed E-state index contributed by atoms with van der Waals surface area (Å²) >= 11 is 0. The third-order valence-corrected chi connectivity index (χ3v) is 3.68. The van der Waals surface area contributed by atoms with Crippen molar-refractivity contribution < 1.29 is 13.9 Å². The zero-order chi connectivity index (χ0) is 13.7. The molecular formula is C15H22FNO2. The van der Waals surface area contributed by atoms with Crippen LogP contribution in [0.3, 0.4) is 0 Å². The largest absolute Gasteiger partial charge is 0.491 e. The molecule has 0 aromatic heterocycles. The minimum absolute atomic E-state index is 0.187. The Labute approximate surface area is 114 Å². The zero-order valence-electron chi connectivity index (χ0n) is 11.7. The van der Waals surface area contributed by atoms with Crippen molar-refractivity contribution in [1.29, 1.82) is 0 Å². The van der Waals surface area contributed by atoms with E-state index in [0.29, 0.717) is 19.1 Å². The van der Waals surface area contributed by atoms with E-state index in [1.54, 1.807) is 19.2 Å². The maximum atomic E-state index is 13.5. The molecule has 19 heavy (non-hydrogen) atoms. The van der Waals surface area contributed by atoms with Crippen LogP contribution in [0.5, 0.6) is 5.75 Å².